The van der Waals surface area contributed by atoms with Gasteiger partial charge in [0.05, 0.1) is 6.61 Å². The summed E-state index contributed by atoms with van der Waals surface area (Å²) in [7, 11) is 0. The molecule has 2 saturated heterocycles. The Morgan fingerprint density at radius 1 is 0.939 bits per heavy atom. The molecule has 1 atom stereocenters. The number of hydrogen-bond donors (Lipinski definition) is 1. The molecule has 2 aromatic carbocycles. The van der Waals surface area contributed by atoms with Crippen molar-refractivity contribution in [3.05, 3.63) is 60.2 Å². The first-order valence-electron chi connectivity index (χ1n) is 12.2. The first-order valence-corrected chi connectivity index (χ1v) is 12.2. The molecule has 0 radical (unpaired) electrons. The van der Waals surface area contributed by atoms with Gasteiger partial charge in [-0.25, -0.2) is 4.79 Å². The van der Waals surface area contributed by atoms with Crippen molar-refractivity contribution in [2.45, 2.75) is 38.6 Å². The minimum atomic E-state index is -0.188. The van der Waals surface area contributed by atoms with E-state index in [1.807, 2.05) is 54.3 Å². The first kappa shape index (κ1) is 23.3. The van der Waals surface area contributed by atoms with Crippen molar-refractivity contribution in [2.75, 3.05) is 39.3 Å². The average molecular weight is 450 g/mol. The van der Waals surface area contributed by atoms with Crippen LogP contribution in [0.3, 0.4) is 0 Å². The maximum Gasteiger partial charge on any atom is 0.409 e. The van der Waals surface area contributed by atoms with E-state index in [1.54, 1.807) is 0 Å². The summed E-state index contributed by atoms with van der Waals surface area (Å²) in [6, 6.07) is 18.5. The molecule has 33 heavy (non-hydrogen) atoms. The van der Waals surface area contributed by atoms with Crippen LogP contribution in [0.2, 0.25) is 0 Å². The molecule has 6 nitrogen and oxygen atoms in total. The third kappa shape index (κ3) is 6.14. The van der Waals surface area contributed by atoms with Crippen LogP contribution in [0, 0.1) is 5.92 Å². The van der Waals surface area contributed by atoms with Gasteiger partial charge in [0.25, 0.3) is 5.91 Å². The fourth-order valence-corrected chi connectivity index (χ4v) is 5.01. The fraction of sp³-hybridized carbons (Fsp3) is 0.481. The van der Waals surface area contributed by atoms with E-state index in [-0.39, 0.29) is 12.0 Å². The summed E-state index contributed by atoms with van der Waals surface area (Å²) in [5.74, 6) is 0.462. The van der Waals surface area contributed by atoms with Gasteiger partial charge in [-0.1, -0.05) is 42.5 Å². The molecule has 0 aliphatic carbocycles. The van der Waals surface area contributed by atoms with E-state index in [1.165, 1.54) is 0 Å². The lowest BCUT2D eigenvalue weighted by Gasteiger charge is -2.42. The van der Waals surface area contributed by atoms with Crippen molar-refractivity contribution in [3.8, 4) is 11.1 Å². The predicted molar refractivity (Wildman–Crippen MR) is 130 cm³/mol. The number of rotatable bonds is 6. The third-order valence-corrected chi connectivity index (χ3v) is 6.86. The first-order chi connectivity index (χ1) is 16.1. The zero-order valence-electron chi connectivity index (χ0n) is 19.5. The van der Waals surface area contributed by atoms with Crippen LogP contribution in [-0.2, 0) is 4.74 Å². The Morgan fingerprint density at radius 2 is 1.64 bits per heavy atom. The van der Waals surface area contributed by atoms with E-state index < -0.39 is 0 Å². The van der Waals surface area contributed by atoms with Gasteiger partial charge in [-0.3, -0.25) is 9.69 Å². The minimum Gasteiger partial charge on any atom is -0.450 e. The number of piperidine rings is 2. The second kappa shape index (κ2) is 11.3. The maximum atomic E-state index is 12.7. The van der Waals surface area contributed by atoms with Crippen LogP contribution in [0.5, 0.6) is 0 Å². The second-order valence-corrected chi connectivity index (χ2v) is 9.07. The molecule has 4 rings (SSSR count). The molecule has 0 saturated carbocycles. The lowest BCUT2D eigenvalue weighted by molar-refractivity contribution is 0.0574. The molecule has 0 unspecified atom stereocenters. The normalized spacial score (nSPS) is 19.8. The molecule has 1 N–H and O–H groups in total. The second-order valence-electron chi connectivity index (χ2n) is 9.07. The molecular weight excluding hydrogens is 414 g/mol. The standard InChI is InChI=1S/C27H35N3O3/c1-2-33-27(32)29-17-14-25(15-18-29)30-16-6-7-21(20-30)19-28-26(31)24-12-10-23(11-13-24)22-8-4-3-5-9-22/h3-5,8-13,21,25H,2,6-7,14-20H2,1H3,(H,28,31)/t21-/m1/s1. The van der Waals surface area contributed by atoms with Crippen molar-refractivity contribution in [1.82, 2.24) is 15.1 Å². The van der Waals surface area contributed by atoms with Crippen LogP contribution in [0.1, 0.15) is 43.0 Å². The highest BCUT2D eigenvalue weighted by Crippen LogP contribution is 2.24. The number of carbonyl (C=O) groups excluding carboxylic acids is 2. The summed E-state index contributed by atoms with van der Waals surface area (Å²) in [6.07, 6.45) is 4.10. The fourth-order valence-electron chi connectivity index (χ4n) is 5.01. The summed E-state index contributed by atoms with van der Waals surface area (Å²) >= 11 is 0. The van der Waals surface area contributed by atoms with Crippen LogP contribution in [-0.4, -0.2) is 67.2 Å². The van der Waals surface area contributed by atoms with Gasteiger partial charge in [0.1, 0.15) is 0 Å². The van der Waals surface area contributed by atoms with E-state index in [4.69, 9.17) is 4.74 Å². The molecule has 2 fully saturated rings. The van der Waals surface area contributed by atoms with Gasteiger partial charge in [-0.15, -0.1) is 0 Å². The summed E-state index contributed by atoms with van der Waals surface area (Å²) in [5.41, 5.74) is 2.97. The summed E-state index contributed by atoms with van der Waals surface area (Å²) in [4.78, 5) is 29.0. The van der Waals surface area contributed by atoms with Crippen LogP contribution >= 0.6 is 0 Å². The number of likely N-dealkylation sites (tertiary alicyclic amines) is 2. The number of carbonyl (C=O) groups is 2. The SMILES string of the molecule is CCOC(=O)N1CCC(N2CCC[C@H](CNC(=O)c3ccc(-c4ccccc4)cc3)C2)CC1. The lowest BCUT2D eigenvalue weighted by Crippen LogP contribution is -2.50. The minimum absolute atomic E-state index is 0.00511. The molecule has 2 aromatic rings. The Labute approximate surface area is 196 Å². The number of nitrogens with zero attached hydrogens (tertiary/aromatic N) is 2. The van der Waals surface area contributed by atoms with Gasteiger partial charge in [0, 0.05) is 37.8 Å². The highest BCUT2D eigenvalue weighted by Gasteiger charge is 2.30. The largest absolute Gasteiger partial charge is 0.450 e. The smallest absolute Gasteiger partial charge is 0.409 e. The number of ether oxygens (including phenoxy) is 1. The van der Waals surface area contributed by atoms with Crippen molar-refractivity contribution in [2.24, 2.45) is 5.92 Å². The molecule has 2 heterocycles. The zero-order chi connectivity index (χ0) is 23.0. The highest BCUT2D eigenvalue weighted by molar-refractivity contribution is 5.94. The van der Waals surface area contributed by atoms with Gasteiger partial charge in [-0.2, -0.15) is 0 Å². The van der Waals surface area contributed by atoms with E-state index >= 15 is 0 Å². The molecule has 0 spiro atoms. The summed E-state index contributed by atoms with van der Waals surface area (Å²) < 4.78 is 5.13. The van der Waals surface area contributed by atoms with Crippen LogP contribution in [0.4, 0.5) is 4.79 Å². The zero-order valence-corrected chi connectivity index (χ0v) is 19.5. The monoisotopic (exact) mass is 449 g/mol. The molecule has 0 aromatic heterocycles. The number of nitrogens with one attached hydrogen (secondary N) is 1. The summed E-state index contributed by atoms with van der Waals surface area (Å²) in [5, 5.41) is 3.15. The number of benzene rings is 2. The Kier molecular flexibility index (Phi) is 8.00. The van der Waals surface area contributed by atoms with E-state index in [9.17, 15) is 9.59 Å². The Bertz CT molecular complexity index is 908. The number of hydrogen-bond acceptors (Lipinski definition) is 4. The third-order valence-electron chi connectivity index (χ3n) is 6.86. The molecule has 2 amide bonds. The van der Waals surface area contributed by atoms with Crippen molar-refractivity contribution >= 4 is 12.0 Å². The molecule has 6 heteroatoms. The van der Waals surface area contributed by atoms with Gasteiger partial charge >= 0.3 is 6.09 Å². The van der Waals surface area contributed by atoms with Gasteiger partial charge < -0.3 is 15.0 Å². The summed E-state index contributed by atoms with van der Waals surface area (Å²) in [6.45, 7) is 6.62. The molecule has 0 bridgehead atoms. The van der Waals surface area contributed by atoms with E-state index in [0.29, 0.717) is 30.7 Å². The van der Waals surface area contributed by atoms with Crippen molar-refractivity contribution in [1.29, 1.82) is 0 Å². The Balaban J connectivity index is 1.24. The van der Waals surface area contributed by atoms with Crippen LogP contribution in [0.25, 0.3) is 11.1 Å². The van der Waals surface area contributed by atoms with Crippen LogP contribution in [0.15, 0.2) is 54.6 Å². The van der Waals surface area contributed by atoms with Crippen LogP contribution < -0.4 is 5.32 Å². The quantitative estimate of drug-likeness (QED) is 0.709. The van der Waals surface area contributed by atoms with Gasteiger partial charge in [0.15, 0.2) is 0 Å². The predicted octanol–water partition coefficient (Wildman–Crippen LogP) is 4.42. The number of amides is 2. The van der Waals surface area contributed by atoms with Crippen molar-refractivity contribution < 1.29 is 14.3 Å². The average Bonchev–Trinajstić information content (AvgIpc) is 2.88. The Morgan fingerprint density at radius 3 is 2.33 bits per heavy atom. The molecule has 2 aliphatic heterocycles. The van der Waals surface area contributed by atoms with Crippen molar-refractivity contribution in [3.63, 3.8) is 0 Å². The van der Waals surface area contributed by atoms with E-state index in [0.717, 1.165) is 63.0 Å². The molecule has 176 valence electrons. The van der Waals surface area contributed by atoms with Gasteiger partial charge in [0.2, 0.25) is 0 Å². The topological polar surface area (TPSA) is 61.9 Å². The maximum absolute atomic E-state index is 12.7. The van der Waals surface area contributed by atoms with E-state index in [2.05, 4.69) is 22.3 Å². The van der Waals surface area contributed by atoms with Gasteiger partial charge in [-0.05, 0) is 68.3 Å². The molecular formula is C27H35N3O3. The Hall–Kier alpha value is -2.86. The molecule has 2 aliphatic rings. The lowest BCUT2D eigenvalue weighted by atomic mass is 9.93. The highest BCUT2D eigenvalue weighted by atomic mass is 16.6.